The van der Waals surface area contributed by atoms with Gasteiger partial charge in [0, 0.05) is 17.2 Å². The molecule has 0 radical (unpaired) electrons. The van der Waals surface area contributed by atoms with Crippen molar-refractivity contribution in [3.05, 3.63) is 52.1 Å². The average molecular weight is 501 g/mol. The van der Waals surface area contributed by atoms with Gasteiger partial charge in [0.1, 0.15) is 41.7 Å². The molecule has 5 rings (SSSR count). The minimum absolute atomic E-state index is 0.00517. The number of aromatic hydroxyl groups is 1. The summed E-state index contributed by atoms with van der Waals surface area (Å²) in [5, 5.41) is 50.8. The molecule has 5 unspecified atom stereocenters. The first kappa shape index (κ1) is 24.7. The number of rotatable bonds is 5. The molecule has 1 aliphatic heterocycles. The smallest absolute Gasteiger partial charge is 0.229 e. The summed E-state index contributed by atoms with van der Waals surface area (Å²) in [4.78, 5) is 27.2. The summed E-state index contributed by atoms with van der Waals surface area (Å²) >= 11 is 0. The Morgan fingerprint density at radius 1 is 0.917 bits per heavy atom. The van der Waals surface area contributed by atoms with E-state index in [4.69, 9.17) is 14.2 Å². The van der Waals surface area contributed by atoms with Crippen LogP contribution in [0.1, 0.15) is 69.0 Å². The SMILES string of the molecule is COc1cc(OC2OC(CO)C(O)C(O)C2O)c2c(c1)C(=O)c1cc(C3CCCC3)cc(O)c1C2=O. The summed E-state index contributed by atoms with van der Waals surface area (Å²) in [6.07, 6.45) is -3.81. The van der Waals surface area contributed by atoms with Crippen molar-refractivity contribution < 1.29 is 49.3 Å². The lowest BCUT2D eigenvalue weighted by Crippen LogP contribution is -2.60. The number of ketones is 2. The van der Waals surface area contributed by atoms with Gasteiger partial charge in [0.2, 0.25) is 12.1 Å². The summed E-state index contributed by atoms with van der Waals surface area (Å²) in [6.45, 7) is -0.664. The van der Waals surface area contributed by atoms with E-state index in [-0.39, 0.29) is 45.4 Å². The maximum absolute atomic E-state index is 13.6. The molecule has 2 fully saturated rings. The van der Waals surface area contributed by atoms with Crippen LogP contribution >= 0.6 is 0 Å². The number of carbonyl (C=O) groups is 2. The normalized spacial score (nSPS) is 28.1. The number of hydrogen-bond donors (Lipinski definition) is 5. The highest BCUT2D eigenvalue weighted by Gasteiger charge is 2.46. The molecule has 10 nitrogen and oxygen atoms in total. The topological polar surface area (TPSA) is 163 Å². The van der Waals surface area contributed by atoms with E-state index >= 15 is 0 Å². The third-order valence-corrected chi connectivity index (χ3v) is 7.31. The summed E-state index contributed by atoms with van der Waals surface area (Å²) in [6, 6.07) is 5.93. The molecule has 36 heavy (non-hydrogen) atoms. The van der Waals surface area contributed by atoms with Crippen LogP contribution in [0.5, 0.6) is 17.2 Å². The largest absolute Gasteiger partial charge is 0.507 e. The molecule has 0 spiro atoms. The van der Waals surface area contributed by atoms with Crippen molar-refractivity contribution in [2.45, 2.75) is 62.3 Å². The van der Waals surface area contributed by atoms with Crippen molar-refractivity contribution in [1.82, 2.24) is 0 Å². The fourth-order valence-corrected chi connectivity index (χ4v) is 5.34. The highest BCUT2D eigenvalue weighted by Crippen LogP contribution is 2.43. The molecule has 0 amide bonds. The molecule has 1 heterocycles. The predicted octanol–water partition coefficient (Wildman–Crippen LogP) is 1.01. The van der Waals surface area contributed by atoms with E-state index in [1.807, 2.05) is 0 Å². The van der Waals surface area contributed by atoms with Crippen LogP contribution < -0.4 is 9.47 Å². The molecular weight excluding hydrogens is 472 g/mol. The number of carbonyl (C=O) groups excluding carboxylic acids is 2. The van der Waals surface area contributed by atoms with Crippen molar-refractivity contribution in [3.63, 3.8) is 0 Å². The fourth-order valence-electron chi connectivity index (χ4n) is 5.34. The highest BCUT2D eigenvalue weighted by atomic mass is 16.7. The Kier molecular flexibility index (Phi) is 6.48. The number of ether oxygens (including phenoxy) is 3. The molecule has 1 saturated heterocycles. The summed E-state index contributed by atoms with van der Waals surface area (Å²) in [5.41, 5.74) is 0.608. The molecule has 5 atom stereocenters. The Morgan fingerprint density at radius 2 is 1.61 bits per heavy atom. The number of fused-ring (bicyclic) bond motifs is 2. The summed E-state index contributed by atoms with van der Waals surface area (Å²) in [7, 11) is 1.37. The third-order valence-electron chi connectivity index (χ3n) is 7.31. The van der Waals surface area contributed by atoms with Crippen molar-refractivity contribution >= 4 is 11.6 Å². The van der Waals surface area contributed by atoms with Crippen molar-refractivity contribution in [2.24, 2.45) is 0 Å². The minimum atomic E-state index is -1.73. The Bertz CT molecular complexity index is 1200. The Balaban J connectivity index is 1.57. The summed E-state index contributed by atoms with van der Waals surface area (Å²) < 4.78 is 16.4. The van der Waals surface area contributed by atoms with Gasteiger partial charge in [0.25, 0.3) is 0 Å². The van der Waals surface area contributed by atoms with E-state index in [1.165, 1.54) is 25.3 Å². The maximum atomic E-state index is 13.6. The predicted molar refractivity (Wildman–Crippen MR) is 124 cm³/mol. The molecule has 3 aliphatic rings. The first-order valence-electron chi connectivity index (χ1n) is 11.9. The van der Waals surface area contributed by atoms with Gasteiger partial charge in [-0.1, -0.05) is 12.8 Å². The minimum Gasteiger partial charge on any atom is -0.507 e. The van der Waals surface area contributed by atoms with Gasteiger partial charge in [-0.2, -0.15) is 0 Å². The second kappa shape index (κ2) is 9.45. The van der Waals surface area contributed by atoms with Crippen LogP contribution in [0.4, 0.5) is 0 Å². The van der Waals surface area contributed by atoms with Crippen LogP contribution in [0.3, 0.4) is 0 Å². The van der Waals surface area contributed by atoms with Crippen LogP contribution in [0, 0.1) is 0 Å². The Morgan fingerprint density at radius 3 is 2.28 bits per heavy atom. The number of hydrogen-bond acceptors (Lipinski definition) is 10. The molecule has 1 saturated carbocycles. The maximum Gasteiger partial charge on any atom is 0.229 e. The average Bonchev–Trinajstić information content (AvgIpc) is 3.42. The third kappa shape index (κ3) is 3.95. The molecule has 0 bridgehead atoms. The highest BCUT2D eigenvalue weighted by molar-refractivity contribution is 6.30. The van der Waals surface area contributed by atoms with Crippen LogP contribution in [0.2, 0.25) is 0 Å². The molecular formula is C26H28O10. The molecule has 192 valence electrons. The van der Waals surface area contributed by atoms with E-state index in [2.05, 4.69) is 0 Å². The monoisotopic (exact) mass is 500 g/mol. The lowest BCUT2D eigenvalue weighted by Gasteiger charge is -2.39. The molecule has 2 aromatic rings. The van der Waals surface area contributed by atoms with Gasteiger partial charge in [0.05, 0.1) is 24.8 Å². The van der Waals surface area contributed by atoms with Gasteiger partial charge in [-0.3, -0.25) is 9.59 Å². The van der Waals surface area contributed by atoms with E-state index in [1.54, 1.807) is 6.07 Å². The van der Waals surface area contributed by atoms with Gasteiger partial charge >= 0.3 is 0 Å². The Labute approximate surface area is 206 Å². The van der Waals surface area contributed by atoms with Gasteiger partial charge in [0.15, 0.2) is 5.78 Å². The number of aliphatic hydroxyl groups excluding tert-OH is 4. The van der Waals surface area contributed by atoms with Gasteiger partial charge in [-0.15, -0.1) is 0 Å². The number of phenolic OH excluding ortho intramolecular Hbond substituents is 1. The standard InChI is InChI=1S/C26H28O10/c1-34-13-8-15-20(17(9-13)35-26-25(33)24(32)22(30)18(10-27)36-26)23(31)19-14(21(15)29)6-12(7-16(19)28)11-4-2-3-5-11/h6-9,11,18,22,24-28,30,32-33H,2-5,10H2,1H3. The van der Waals surface area contributed by atoms with E-state index < -0.39 is 48.9 Å². The fraction of sp³-hybridized carbons (Fsp3) is 0.462. The lowest BCUT2D eigenvalue weighted by molar-refractivity contribution is -0.277. The molecule has 10 heteroatoms. The van der Waals surface area contributed by atoms with Gasteiger partial charge in [-0.05, 0) is 42.5 Å². The first-order valence-corrected chi connectivity index (χ1v) is 11.9. The zero-order chi connectivity index (χ0) is 25.7. The Hall–Kier alpha value is -3.02. The molecule has 0 aromatic heterocycles. The second-order valence-electron chi connectivity index (χ2n) is 9.47. The quantitative estimate of drug-likeness (QED) is 0.342. The first-order chi connectivity index (χ1) is 17.2. The number of aliphatic hydroxyl groups is 4. The van der Waals surface area contributed by atoms with Crippen LogP contribution in [-0.4, -0.2) is 81.5 Å². The van der Waals surface area contributed by atoms with Crippen molar-refractivity contribution in [2.75, 3.05) is 13.7 Å². The van der Waals surface area contributed by atoms with Crippen LogP contribution in [0.15, 0.2) is 24.3 Å². The lowest BCUT2D eigenvalue weighted by atomic mass is 9.80. The zero-order valence-corrected chi connectivity index (χ0v) is 19.6. The molecule has 2 aromatic carbocycles. The van der Waals surface area contributed by atoms with Gasteiger partial charge < -0.3 is 39.7 Å². The van der Waals surface area contributed by atoms with Gasteiger partial charge in [-0.25, -0.2) is 0 Å². The van der Waals surface area contributed by atoms with E-state index in [0.717, 1.165) is 31.2 Å². The van der Waals surface area contributed by atoms with Crippen molar-refractivity contribution in [3.8, 4) is 17.2 Å². The van der Waals surface area contributed by atoms with E-state index in [0.29, 0.717) is 0 Å². The van der Waals surface area contributed by atoms with Crippen LogP contribution in [0.25, 0.3) is 0 Å². The number of methoxy groups -OCH3 is 1. The van der Waals surface area contributed by atoms with Crippen molar-refractivity contribution in [1.29, 1.82) is 0 Å². The summed E-state index contributed by atoms with van der Waals surface area (Å²) in [5.74, 6) is -1.23. The molecule has 5 N–H and O–H groups in total. The zero-order valence-electron chi connectivity index (χ0n) is 19.6. The second-order valence-corrected chi connectivity index (χ2v) is 9.47. The number of benzene rings is 2. The molecule has 2 aliphatic carbocycles. The van der Waals surface area contributed by atoms with Crippen LogP contribution in [-0.2, 0) is 4.74 Å². The van der Waals surface area contributed by atoms with E-state index in [9.17, 15) is 35.1 Å². The number of phenols is 1.